The highest BCUT2D eigenvalue weighted by atomic mass is 19.3. The predicted molar refractivity (Wildman–Crippen MR) is 63.5 cm³/mol. The van der Waals surface area contributed by atoms with Gasteiger partial charge in [-0.25, -0.2) is 8.78 Å². The van der Waals surface area contributed by atoms with E-state index in [2.05, 4.69) is 11.6 Å². The SMILES string of the molecule is C=C(c1ccc(F)cc1F)C(F)(F)c1ccccn1. The van der Waals surface area contributed by atoms with Gasteiger partial charge in [-0.15, -0.1) is 0 Å². The maximum Gasteiger partial charge on any atom is 0.315 e. The van der Waals surface area contributed by atoms with Gasteiger partial charge in [-0.2, -0.15) is 8.78 Å². The Labute approximate surface area is 107 Å². The minimum absolute atomic E-state index is 0.433. The van der Waals surface area contributed by atoms with Crippen molar-refractivity contribution in [3.63, 3.8) is 0 Å². The van der Waals surface area contributed by atoms with Crippen LogP contribution in [0.15, 0.2) is 49.2 Å². The normalized spacial score (nSPS) is 11.4. The van der Waals surface area contributed by atoms with Crippen molar-refractivity contribution >= 4 is 5.57 Å². The van der Waals surface area contributed by atoms with Crippen molar-refractivity contribution < 1.29 is 17.6 Å². The van der Waals surface area contributed by atoms with Gasteiger partial charge in [0.25, 0.3) is 0 Å². The summed E-state index contributed by atoms with van der Waals surface area (Å²) in [4.78, 5) is 3.54. The molecule has 1 aromatic heterocycles. The molecule has 0 amide bonds. The summed E-state index contributed by atoms with van der Waals surface area (Å²) in [6, 6.07) is 6.37. The molecule has 98 valence electrons. The molecule has 2 rings (SSSR count). The lowest BCUT2D eigenvalue weighted by Gasteiger charge is -2.19. The van der Waals surface area contributed by atoms with E-state index >= 15 is 0 Å². The van der Waals surface area contributed by atoms with E-state index in [1.807, 2.05) is 0 Å². The van der Waals surface area contributed by atoms with E-state index in [-0.39, 0.29) is 0 Å². The van der Waals surface area contributed by atoms with Gasteiger partial charge in [0.1, 0.15) is 17.3 Å². The molecule has 0 aliphatic carbocycles. The van der Waals surface area contributed by atoms with Crippen LogP contribution < -0.4 is 0 Å². The molecule has 0 unspecified atom stereocenters. The van der Waals surface area contributed by atoms with Crippen LogP contribution in [0.2, 0.25) is 0 Å². The molecule has 0 fully saturated rings. The number of hydrogen-bond donors (Lipinski definition) is 0. The van der Waals surface area contributed by atoms with Gasteiger partial charge in [0.15, 0.2) is 0 Å². The van der Waals surface area contributed by atoms with E-state index < -0.39 is 34.4 Å². The topological polar surface area (TPSA) is 12.9 Å². The molecule has 0 atom stereocenters. The van der Waals surface area contributed by atoms with Crippen LogP contribution in [-0.4, -0.2) is 4.98 Å². The van der Waals surface area contributed by atoms with Crippen molar-refractivity contribution in [2.24, 2.45) is 0 Å². The molecular weight excluding hydrogens is 258 g/mol. The average Bonchev–Trinajstić information content (AvgIpc) is 2.39. The first-order valence-electron chi connectivity index (χ1n) is 5.37. The molecule has 0 bridgehead atoms. The van der Waals surface area contributed by atoms with Crippen LogP contribution in [0.4, 0.5) is 17.6 Å². The van der Waals surface area contributed by atoms with Crippen LogP contribution in [-0.2, 0) is 5.92 Å². The fourth-order valence-corrected chi connectivity index (χ4v) is 1.61. The molecule has 2 aromatic rings. The lowest BCUT2D eigenvalue weighted by molar-refractivity contribution is 0.0594. The van der Waals surface area contributed by atoms with Gasteiger partial charge in [-0.1, -0.05) is 12.6 Å². The highest BCUT2D eigenvalue weighted by Crippen LogP contribution is 2.40. The van der Waals surface area contributed by atoms with Gasteiger partial charge in [0, 0.05) is 23.4 Å². The number of aromatic nitrogens is 1. The summed E-state index contributed by atoms with van der Waals surface area (Å²) >= 11 is 0. The average molecular weight is 267 g/mol. The third-order valence-corrected chi connectivity index (χ3v) is 2.62. The van der Waals surface area contributed by atoms with Crippen molar-refractivity contribution in [2.45, 2.75) is 5.92 Å². The van der Waals surface area contributed by atoms with E-state index in [9.17, 15) is 17.6 Å². The number of pyridine rings is 1. The van der Waals surface area contributed by atoms with Crippen LogP contribution in [0.5, 0.6) is 0 Å². The summed E-state index contributed by atoms with van der Waals surface area (Å²) in [5.74, 6) is -5.45. The molecule has 0 radical (unpaired) electrons. The van der Waals surface area contributed by atoms with Crippen LogP contribution in [0, 0.1) is 11.6 Å². The number of halogens is 4. The highest BCUT2D eigenvalue weighted by molar-refractivity contribution is 5.70. The summed E-state index contributed by atoms with van der Waals surface area (Å²) in [7, 11) is 0. The fourth-order valence-electron chi connectivity index (χ4n) is 1.61. The van der Waals surface area contributed by atoms with Crippen LogP contribution in [0.25, 0.3) is 5.57 Å². The van der Waals surface area contributed by atoms with E-state index in [1.54, 1.807) is 0 Å². The Balaban J connectivity index is 2.43. The molecule has 0 aliphatic rings. The molecule has 1 heterocycles. The van der Waals surface area contributed by atoms with Gasteiger partial charge in [0.05, 0.1) is 0 Å². The number of allylic oxidation sites excluding steroid dienone is 1. The maximum absolute atomic E-state index is 14.1. The number of nitrogens with zero attached hydrogens (tertiary/aromatic N) is 1. The molecule has 0 aliphatic heterocycles. The molecule has 0 spiro atoms. The number of hydrogen-bond acceptors (Lipinski definition) is 1. The largest absolute Gasteiger partial charge is 0.315 e. The first-order chi connectivity index (χ1) is 8.93. The second-order valence-electron chi connectivity index (χ2n) is 3.89. The Morgan fingerprint density at radius 1 is 1.11 bits per heavy atom. The standard InChI is InChI=1S/C14H9F4N/c1-9(11-6-5-10(15)8-12(11)16)14(17,18)13-4-2-3-7-19-13/h2-8H,1H2. The van der Waals surface area contributed by atoms with Crippen molar-refractivity contribution in [3.8, 4) is 0 Å². The third-order valence-electron chi connectivity index (χ3n) is 2.62. The first kappa shape index (κ1) is 13.3. The molecule has 0 saturated carbocycles. The highest BCUT2D eigenvalue weighted by Gasteiger charge is 2.38. The summed E-state index contributed by atoms with van der Waals surface area (Å²) < 4.78 is 54.4. The smallest absolute Gasteiger partial charge is 0.255 e. The first-order valence-corrected chi connectivity index (χ1v) is 5.37. The van der Waals surface area contributed by atoms with Gasteiger partial charge < -0.3 is 0 Å². The summed E-state index contributed by atoms with van der Waals surface area (Å²) in [6.45, 7) is 3.21. The minimum Gasteiger partial charge on any atom is -0.255 e. The Kier molecular flexibility index (Phi) is 3.38. The van der Waals surface area contributed by atoms with Gasteiger partial charge in [-0.3, -0.25) is 4.98 Å². The van der Waals surface area contributed by atoms with Crippen LogP contribution >= 0.6 is 0 Å². The Hall–Kier alpha value is -2.17. The summed E-state index contributed by atoms with van der Waals surface area (Å²) in [5.41, 5.74) is -1.73. The Morgan fingerprint density at radius 2 is 1.84 bits per heavy atom. The quantitative estimate of drug-likeness (QED) is 0.761. The van der Waals surface area contributed by atoms with Crippen LogP contribution in [0.3, 0.4) is 0 Å². The molecule has 1 aromatic carbocycles. The molecular formula is C14H9F4N. The zero-order valence-corrected chi connectivity index (χ0v) is 9.71. The molecule has 1 nitrogen and oxygen atoms in total. The van der Waals surface area contributed by atoms with Crippen molar-refractivity contribution in [2.75, 3.05) is 0 Å². The van der Waals surface area contributed by atoms with Crippen molar-refractivity contribution in [1.82, 2.24) is 4.98 Å². The van der Waals surface area contributed by atoms with Gasteiger partial charge in [0.2, 0.25) is 0 Å². The van der Waals surface area contributed by atoms with E-state index in [1.165, 1.54) is 18.3 Å². The summed E-state index contributed by atoms with van der Waals surface area (Å²) in [5, 5.41) is 0. The zero-order chi connectivity index (χ0) is 14.0. The fraction of sp³-hybridized carbons (Fsp3) is 0.0714. The minimum atomic E-state index is -3.53. The van der Waals surface area contributed by atoms with Gasteiger partial charge in [-0.05, 0) is 24.3 Å². The Morgan fingerprint density at radius 3 is 2.42 bits per heavy atom. The van der Waals surface area contributed by atoms with Crippen molar-refractivity contribution in [1.29, 1.82) is 0 Å². The molecule has 19 heavy (non-hydrogen) atoms. The zero-order valence-electron chi connectivity index (χ0n) is 9.71. The molecule has 0 saturated heterocycles. The third kappa shape index (κ3) is 2.50. The number of rotatable bonds is 3. The number of alkyl halides is 2. The predicted octanol–water partition coefficient (Wildman–Crippen LogP) is 4.17. The lowest BCUT2D eigenvalue weighted by atomic mass is 9.98. The summed E-state index contributed by atoms with van der Waals surface area (Å²) in [6.07, 6.45) is 1.21. The van der Waals surface area contributed by atoms with E-state index in [0.717, 1.165) is 18.2 Å². The second-order valence-corrected chi connectivity index (χ2v) is 3.89. The van der Waals surface area contributed by atoms with E-state index in [4.69, 9.17) is 0 Å². The monoisotopic (exact) mass is 267 g/mol. The van der Waals surface area contributed by atoms with Crippen molar-refractivity contribution in [3.05, 3.63) is 72.1 Å². The molecule has 0 N–H and O–H groups in total. The van der Waals surface area contributed by atoms with Crippen LogP contribution in [0.1, 0.15) is 11.3 Å². The molecule has 5 heteroatoms. The number of benzene rings is 1. The van der Waals surface area contributed by atoms with Gasteiger partial charge >= 0.3 is 5.92 Å². The maximum atomic E-state index is 14.1. The lowest BCUT2D eigenvalue weighted by Crippen LogP contribution is -2.17. The van der Waals surface area contributed by atoms with E-state index in [0.29, 0.717) is 6.07 Å². The Bertz CT molecular complexity index is 608. The second kappa shape index (κ2) is 4.84.